The number of benzene rings is 1. The van der Waals surface area contributed by atoms with Crippen molar-refractivity contribution >= 4 is 11.6 Å². The second kappa shape index (κ2) is 7.09. The SMILES string of the molecule is CN(C)c1ccc(N2CCN(Cc3cc(F)ccc3F)CC2)nn1. The molecule has 0 saturated carbocycles. The number of hydrogen-bond donors (Lipinski definition) is 0. The Labute approximate surface area is 140 Å². The molecular weight excluding hydrogens is 312 g/mol. The van der Waals surface area contributed by atoms with Gasteiger partial charge < -0.3 is 9.80 Å². The molecule has 5 nitrogen and oxygen atoms in total. The van der Waals surface area contributed by atoms with E-state index in [0.29, 0.717) is 12.1 Å². The molecule has 24 heavy (non-hydrogen) atoms. The molecule has 0 atom stereocenters. The number of nitrogens with zero attached hydrogens (tertiary/aromatic N) is 5. The molecule has 1 fully saturated rings. The first-order chi connectivity index (χ1) is 11.5. The molecule has 3 rings (SSSR count). The summed E-state index contributed by atoms with van der Waals surface area (Å²) in [5.41, 5.74) is 0.401. The van der Waals surface area contributed by atoms with E-state index < -0.39 is 5.82 Å². The van der Waals surface area contributed by atoms with Crippen LogP contribution in [-0.2, 0) is 6.54 Å². The van der Waals surface area contributed by atoms with Crippen molar-refractivity contribution in [3.05, 3.63) is 47.5 Å². The third kappa shape index (κ3) is 3.79. The average Bonchev–Trinajstić information content (AvgIpc) is 2.59. The number of aromatic nitrogens is 2. The lowest BCUT2D eigenvalue weighted by molar-refractivity contribution is 0.245. The predicted octanol–water partition coefficient (Wildman–Crippen LogP) is 2.14. The van der Waals surface area contributed by atoms with Gasteiger partial charge >= 0.3 is 0 Å². The molecule has 128 valence electrons. The van der Waals surface area contributed by atoms with Crippen LogP contribution in [0.25, 0.3) is 0 Å². The summed E-state index contributed by atoms with van der Waals surface area (Å²) >= 11 is 0. The normalized spacial score (nSPS) is 15.6. The first-order valence-corrected chi connectivity index (χ1v) is 7.95. The highest BCUT2D eigenvalue weighted by Gasteiger charge is 2.19. The lowest BCUT2D eigenvalue weighted by Crippen LogP contribution is -2.46. The number of anilines is 2. The molecule has 1 aliphatic rings. The molecule has 0 radical (unpaired) electrons. The molecular formula is C17H21F2N5. The average molecular weight is 333 g/mol. The molecule has 1 aromatic heterocycles. The predicted molar refractivity (Wildman–Crippen MR) is 90.2 cm³/mol. The molecule has 1 aliphatic heterocycles. The molecule has 1 aromatic carbocycles. The van der Waals surface area contributed by atoms with E-state index in [2.05, 4.69) is 20.0 Å². The van der Waals surface area contributed by atoms with Gasteiger partial charge in [-0.25, -0.2) is 8.78 Å². The second-order valence-corrected chi connectivity index (χ2v) is 6.14. The highest BCUT2D eigenvalue weighted by Crippen LogP contribution is 2.18. The van der Waals surface area contributed by atoms with Crippen LogP contribution in [0.5, 0.6) is 0 Å². The van der Waals surface area contributed by atoms with Gasteiger partial charge in [0.15, 0.2) is 11.6 Å². The Morgan fingerprint density at radius 2 is 1.75 bits per heavy atom. The quantitative estimate of drug-likeness (QED) is 0.857. The maximum absolute atomic E-state index is 13.7. The summed E-state index contributed by atoms with van der Waals surface area (Å²) in [4.78, 5) is 6.18. The number of hydrogen-bond acceptors (Lipinski definition) is 5. The van der Waals surface area contributed by atoms with Crippen LogP contribution in [0.4, 0.5) is 20.4 Å². The first kappa shape index (κ1) is 16.6. The van der Waals surface area contributed by atoms with Crippen molar-refractivity contribution in [1.82, 2.24) is 15.1 Å². The fourth-order valence-electron chi connectivity index (χ4n) is 2.77. The van der Waals surface area contributed by atoms with E-state index in [4.69, 9.17) is 0 Å². The third-order valence-corrected chi connectivity index (χ3v) is 4.19. The van der Waals surface area contributed by atoms with Crippen molar-refractivity contribution in [2.24, 2.45) is 0 Å². The number of piperazine rings is 1. The van der Waals surface area contributed by atoms with Gasteiger partial charge in [-0.3, -0.25) is 4.90 Å². The summed E-state index contributed by atoms with van der Waals surface area (Å²) in [7, 11) is 3.85. The van der Waals surface area contributed by atoms with Crippen LogP contribution in [-0.4, -0.2) is 55.4 Å². The Bertz CT molecular complexity index is 682. The monoisotopic (exact) mass is 333 g/mol. The zero-order chi connectivity index (χ0) is 17.1. The Morgan fingerprint density at radius 3 is 2.38 bits per heavy atom. The van der Waals surface area contributed by atoms with E-state index in [0.717, 1.165) is 43.9 Å². The van der Waals surface area contributed by atoms with Crippen LogP contribution in [0.15, 0.2) is 30.3 Å². The number of rotatable bonds is 4. The van der Waals surface area contributed by atoms with E-state index >= 15 is 0 Å². The van der Waals surface area contributed by atoms with Crippen molar-refractivity contribution in [1.29, 1.82) is 0 Å². The topological polar surface area (TPSA) is 35.5 Å². The summed E-state index contributed by atoms with van der Waals surface area (Å²) in [6, 6.07) is 7.50. The van der Waals surface area contributed by atoms with Crippen molar-refractivity contribution < 1.29 is 8.78 Å². The van der Waals surface area contributed by atoms with Gasteiger partial charge in [-0.05, 0) is 30.3 Å². The summed E-state index contributed by atoms with van der Waals surface area (Å²) in [6.45, 7) is 3.53. The van der Waals surface area contributed by atoms with E-state index in [1.54, 1.807) is 0 Å². The summed E-state index contributed by atoms with van der Waals surface area (Å²) < 4.78 is 27.0. The smallest absolute Gasteiger partial charge is 0.151 e. The largest absolute Gasteiger partial charge is 0.361 e. The minimum absolute atomic E-state index is 0.357. The van der Waals surface area contributed by atoms with Crippen molar-refractivity contribution in [2.75, 3.05) is 50.1 Å². The van der Waals surface area contributed by atoms with E-state index in [-0.39, 0.29) is 5.82 Å². The lowest BCUT2D eigenvalue weighted by atomic mass is 10.1. The van der Waals surface area contributed by atoms with Crippen molar-refractivity contribution in [3.8, 4) is 0 Å². The molecule has 7 heteroatoms. The standard InChI is InChI=1S/C17H21F2N5/c1-22(2)16-5-6-17(21-20-16)24-9-7-23(8-10-24)12-13-11-14(18)3-4-15(13)19/h3-6,11H,7-10,12H2,1-2H3. The van der Waals surface area contributed by atoms with Crippen LogP contribution in [0.1, 0.15) is 5.56 Å². The van der Waals surface area contributed by atoms with Crippen LogP contribution >= 0.6 is 0 Å². The van der Waals surface area contributed by atoms with Gasteiger partial charge in [0.1, 0.15) is 11.6 Å². The van der Waals surface area contributed by atoms with Gasteiger partial charge in [-0.2, -0.15) is 0 Å². The van der Waals surface area contributed by atoms with Gasteiger partial charge in [0.2, 0.25) is 0 Å². The Hall–Kier alpha value is -2.28. The molecule has 0 spiro atoms. The van der Waals surface area contributed by atoms with Crippen molar-refractivity contribution in [3.63, 3.8) is 0 Å². The third-order valence-electron chi connectivity index (χ3n) is 4.19. The van der Waals surface area contributed by atoms with Crippen molar-refractivity contribution in [2.45, 2.75) is 6.54 Å². The van der Waals surface area contributed by atoms with Crippen LogP contribution in [0.2, 0.25) is 0 Å². The number of halogens is 2. The van der Waals surface area contributed by atoms with Gasteiger partial charge in [-0.15, -0.1) is 10.2 Å². The zero-order valence-corrected chi connectivity index (χ0v) is 13.9. The molecule has 0 unspecified atom stereocenters. The van der Waals surface area contributed by atoms with Gasteiger partial charge in [0.05, 0.1) is 0 Å². The Morgan fingerprint density at radius 1 is 1.00 bits per heavy atom. The fraction of sp³-hybridized carbons (Fsp3) is 0.412. The summed E-state index contributed by atoms with van der Waals surface area (Å²) in [6.07, 6.45) is 0. The molecule has 0 amide bonds. The van der Waals surface area contributed by atoms with Crippen LogP contribution in [0, 0.1) is 11.6 Å². The Balaban J connectivity index is 1.58. The lowest BCUT2D eigenvalue weighted by Gasteiger charge is -2.35. The Kier molecular flexibility index (Phi) is 4.89. The maximum Gasteiger partial charge on any atom is 0.151 e. The maximum atomic E-state index is 13.7. The zero-order valence-electron chi connectivity index (χ0n) is 13.9. The molecule has 0 N–H and O–H groups in total. The molecule has 0 aliphatic carbocycles. The fourth-order valence-corrected chi connectivity index (χ4v) is 2.77. The van der Waals surface area contributed by atoms with Gasteiger partial charge in [0, 0.05) is 52.4 Å². The molecule has 1 saturated heterocycles. The van der Waals surface area contributed by atoms with Crippen LogP contribution in [0.3, 0.4) is 0 Å². The highest BCUT2D eigenvalue weighted by atomic mass is 19.1. The van der Waals surface area contributed by atoms with E-state index in [9.17, 15) is 8.78 Å². The van der Waals surface area contributed by atoms with Crippen LogP contribution < -0.4 is 9.80 Å². The second-order valence-electron chi connectivity index (χ2n) is 6.14. The highest BCUT2D eigenvalue weighted by molar-refractivity contribution is 5.44. The van der Waals surface area contributed by atoms with E-state index in [1.807, 2.05) is 31.1 Å². The van der Waals surface area contributed by atoms with E-state index in [1.165, 1.54) is 12.1 Å². The minimum atomic E-state index is -0.402. The summed E-state index contributed by atoms with van der Waals surface area (Å²) in [5, 5.41) is 8.46. The molecule has 2 aromatic rings. The van der Waals surface area contributed by atoms with Gasteiger partial charge in [-0.1, -0.05) is 0 Å². The van der Waals surface area contributed by atoms with Gasteiger partial charge in [0.25, 0.3) is 0 Å². The molecule has 2 heterocycles. The molecule has 0 bridgehead atoms. The first-order valence-electron chi connectivity index (χ1n) is 7.95. The minimum Gasteiger partial charge on any atom is -0.361 e. The summed E-state index contributed by atoms with van der Waals surface area (Å²) in [5.74, 6) is 0.904.